The highest BCUT2D eigenvalue weighted by molar-refractivity contribution is 7.94. The largest absolute Gasteiger partial charge is 0.486 e. The van der Waals surface area contributed by atoms with Crippen LogP contribution in [0.25, 0.3) is 5.76 Å². The Morgan fingerprint density at radius 2 is 1.74 bits per heavy atom. The molecule has 0 amide bonds. The van der Waals surface area contributed by atoms with Crippen molar-refractivity contribution >= 4 is 15.6 Å². The lowest BCUT2D eigenvalue weighted by Crippen LogP contribution is -2.51. The molecule has 0 radical (unpaired) electrons. The lowest BCUT2D eigenvalue weighted by atomic mass is 9.60. The minimum atomic E-state index is -3.30. The van der Waals surface area contributed by atoms with Gasteiger partial charge in [0.2, 0.25) is 0 Å². The van der Waals surface area contributed by atoms with Crippen molar-refractivity contribution in [2.24, 2.45) is 11.3 Å². The summed E-state index contributed by atoms with van der Waals surface area (Å²) in [7, 11) is -3.30. The van der Waals surface area contributed by atoms with Gasteiger partial charge < -0.3 is 4.74 Å². The number of rotatable bonds is 2. The molecule has 3 nitrogen and oxygen atoms in total. The molecule has 1 fully saturated rings. The van der Waals surface area contributed by atoms with E-state index < -0.39 is 9.84 Å². The quantitative estimate of drug-likeness (QED) is 0.805. The summed E-state index contributed by atoms with van der Waals surface area (Å²) in [6.45, 7) is 6.64. The number of ether oxygens (including phenoxy) is 1. The van der Waals surface area contributed by atoms with Gasteiger partial charge in [0.05, 0.1) is 4.91 Å². The normalized spacial score (nSPS) is 30.5. The molecule has 2 atom stereocenters. The predicted molar refractivity (Wildman–Crippen MR) is 93.4 cm³/mol. The number of sulfone groups is 1. The number of fused-ring (bicyclic) bond motifs is 1. The van der Waals surface area contributed by atoms with E-state index in [1.165, 1.54) is 6.26 Å². The van der Waals surface area contributed by atoms with E-state index in [2.05, 4.69) is 20.8 Å². The maximum atomic E-state index is 12.4. The molecule has 3 rings (SSSR count). The molecular formula is C19H26O3S. The molecule has 2 aliphatic rings. The van der Waals surface area contributed by atoms with E-state index in [0.29, 0.717) is 17.1 Å². The molecule has 1 aromatic carbocycles. The molecule has 1 saturated carbocycles. The van der Waals surface area contributed by atoms with Gasteiger partial charge in [-0.3, -0.25) is 0 Å². The van der Waals surface area contributed by atoms with Crippen LogP contribution in [-0.2, 0) is 14.6 Å². The molecule has 0 N–H and O–H groups in total. The minimum Gasteiger partial charge on any atom is -0.486 e. The molecule has 4 heteroatoms. The summed E-state index contributed by atoms with van der Waals surface area (Å²) in [4.78, 5) is 0.459. The van der Waals surface area contributed by atoms with Crippen molar-refractivity contribution < 1.29 is 13.2 Å². The fraction of sp³-hybridized carbons (Fsp3) is 0.579. The molecule has 1 aliphatic heterocycles. The van der Waals surface area contributed by atoms with Crippen LogP contribution in [0.15, 0.2) is 35.2 Å². The van der Waals surface area contributed by atoms with Crippen LogP contribution in [0.3, 0.4) is 0 Å². The Hall–Kier alpha value is -1.29. The Labute approximate surface area is 139 Å². The van der Waals surface area contributed by atoms with Gasteiger partial charge >= 0.3 is 0 Å². The highest BCUT2D eigenvalue weighted by Crippen LogP contribution is 2.55. The first-order valence-electron chi connectivity index (χ1n) is 8.31. The van der Waals surface area contributed by atoms with E-state index in [1.807, 2.05) is 30.3 Å². The number of benzene rings is 1. The van der Waals surface area contributed by atoms with Crippen molar-refractivity contribution in [1.82, 2.24) is 0 Å². The molecule has 0 saturated heterocycles. The third-order valence-electron chi connectivity index (χ3n) is 5.64. The second-order valence-electron chi connectivity index (χ2n) is 7.90. The maximum absolute atomic E-state index is 12.4. The topological polar surface area (TPSA) is 43.4 Å². The van der Waals surface area contributed by atoms with Crippen LogP contribution in [0.4, 0.5) is 0 Å². The average Bonchev–Trinajstić information content (AvgIpc) is 2.45. The second-order valence-corrected chi connectivity index (χ2v) is 9.94. The Bertz CT molecular complexity index is 731. The molecule has 1 heterocycles. The summed E-state index contributed by atoms with van der Waals surface area (Å²) in [5.41, 5.74) is 0.655. The van der Waals surface area contributed by atoms with Crippen molar-refractivity contribution in [1.29, 1.82) is 0 Å². The van der Waals surface area contributed by atoms with Gasteiger partial charge in [-0.1, -0.05) is 44.2 Å². The lowest BCUT2D eigenvalue weighted by Gasteiger charge is -2.53. The van der Waals surface area contributed by atoms with Gasteiger partial charge in [0.1, 0.15) is 11.4 Å². The maximum Gasteiger partial charge on any atom is 0.175 e. The number of hydrogen-bond acceptors (Lipinski definition) is 3. The van der Waals surface area contributed by atoms with Crippen LogP contribution in [0, 0.1) is 11.3 Å². The Morgan fingerprint density at radius 3 is 2.35 bits per heavy atom. The van der Waals surface area contributed by atoms with Crippen LogP contribution in [0.2, 0.25) is 0 Å². The summed E-state index contributed by atoms with van der Waals surface area (Å²) < 4.78 is 31.3. The number of allylic oxidation sites excluding steroid dienone is 1. The van der Waals surface area contributed by atoms with Crippen molar-refractivity contribution in [2.75, 3.05) is 6.26 Å². The zero-order valence-corrected chi connectivity index (χ0v) is 15.2. The molecule has 0 unspecified atom stereocenters. The van der Waals surface area contributed by atoms with Crippen molar-refractivity contribution in [2.45, 2.75) is 52.1 Å². The predicted octanol–water partition coefficient (Wildman–Crippen LogP) is 4.41. The van der Waals surface area contributed by atoms with Gasteiger partial charge in [-0.2, -0.15) is 0 Å². The average molecular weight is 334 g/mol. The fourth-order valence-corrected chi connectivity index (χ4v) is 5.35. The fourth-order valence-electron chi connectivity index (χ4n) is 4.38. The van der Waals surface area contributed by atoms with Crippen molar-refractivity contribution in [3.63, 3.8) is 0 Å². The van der Waals surface area contributed by atoms with E-state index in [0.717, 1.165) is 24.8 Å². The Kier molecular flexibility index (Phi) is 3.87. The van der Waals surface area contributed by atoms with Crippen LogP contribution < -0.4 is 0 Å². The summed E-state index contributed by atoms with van der Waals surface area (Å²) in [6.07, 6.45) is 5.10. The Balaban J connectivity index is 2.16. The Morgan fingerprint density at radius 1 is 1.09 bits per heavy atom. The summed E-state index contributed by atoms with van der Waals surface area (Å²) in [6, 6.07) is 9.63. The van der Waals surface area contributed by atoms with Crippen molar-refractivity contribution in [3.05, 3.63) is 40.8 Å². The van der Waals surface area contributed by atoms with E-state index in [4.69, 9.17) is 4.74 Å². The zero-order valence-electron chi connectivity index (χ0n) is 14.4. The third-order valence-corrected chi connectivity index (χ3v) is 6.88. The SMILES string of the molecule is CC1(C)CCC[C@]2(C)OC(c3ccccc3)=C(S(C)(=O)=O)C[C@@H]12. The van der Waals surface area contributed by atoms with Gasteiger partial charge in [-0.15, -0.1) is 0 Å². The standard InChI is InChI=1S/C19H26O3S/c1-18(2)11-8-12-19(3)16(18)13-15(23(4,20)21)17(22-19)14-9-6-5-7-10-14/h5-7,9-10,16H,8,11-13H2,1-4H3/t16-,19-/m0/s1. The third kappa shape index (κ3) is 2.93. The van der Waals surface area contributed by atoms with E-state index in [-0.39, 0.29) is 16.9 Å². The monoisotopic (exact) mass is 334 g/mol. The van der Waals surface area contributed by atoms with E-state index in [1.54, 1.807) is 0 Å². The van der Waals surface area contributed by atoms with Gasteiger partial charge in [0.25, 0.3) is 0 Å². The van der Waals surface area contributed by atoms with Gasteiger partial charge in [0, 0.05) is 17.7 Å². The van der Waals surface area contributed by atoms with Crippen molar-refractivity contribution in [3.8, 4) is 0 Å². The summed E-state index contributed by atoms with van der Waals surface area (Å²) >= 11 is 0. The minimum absolute atomic E-state index is 0.0885. The molecule has 23 heavy (non-hydrogen) atoms. The van der Waals surface area contributed by atoms with Crippen LogP contribution >= 0.6 is 0 Å². The van der Waals surface area contributed by atoms with Crippen LogP contribution in [0.1, 0.15) is 52.0 Å². The van der Waals surface area contributed by atoms with Crippen LogP contribution in [-0.4, -0.2) is 20.3 Å². The first-order chi connectivity index (χ1) is 10.6. The molecule has 0 spiro atoms. The molecule has 1 aliphatic carbocycles. The van der Waals surface area contributed by atoms with Gasteiger partial charge in [0.15, 0.2) is 9.84 Å². The summed E-state index contributed by atoms with van der Waals surface area (Å²) in [5.74, 6) is 0.783. The number of hydrogen-bond donors (Lipinski definition) is 0. The van der Waals surface area contributed by atoms with Crippen LogP contribution in [0.5, 0.6) is 0 Å². The molecule has 0 bridgehead atoms. The van der Waals surface area contributed by atoms with E-state index in [9.17, 15) is 8.42 Å². The van der Waals surface area contributed by atoms with E-state index >= 15 is 0 Å². The zero-order chi connectivity index (χ0) is 16.9. The summed E-state index contributed by atoms with van der Waals surface area (Å²) in [5, 5.41) is 0. The van der Waals surface area contributed by atoms with Gasteiger partial charge in [-0.05, 0) is 38.0 Å². The first kappa shape index (κ1) is 16.6. The highest BCUT2D eigenvalue weighted by Gasteiger charge is 2.52. The smallest absolute Gasteiger partial charge is 0.175 e. The second kappa shape index (κ2) is 5.37. The molecular weight excluding hydrogens is 308 g/mol. The molecule has 0 aromatic heterocycles. The molecule has 1 aromatic rings. The lowest BCUT2D eigenvalue weighted by molar-refractivity contribution is -0.0950. The first-order valence-corrected chi connectivity index (χ1v) is 10.2. The highest BCUT2D eigenvalue weighted by atomic mass is 32.2. The van der Waals surface area contributed by atoms with Gasteiger partial charge in [-0.25, -0.2) is 8.42 Å². The molecule has 126 valence electrons.